The highest BCUT2D eigenvalue weighted by atomic mass is 35.5. The van der Waals surface area contributed by atoms with Crippen LogP contribution >= 0.6 is 11.6 Å². The Balaban J connectivity index is 2.15. The number of aromatic nitrogens is 1. The first-order chi connectivity index (χ1) is 8.38. The van der Waals surface area contributed by atoms with Gasteiger partial charge in [0, 0.05) is 30.4 Å². The standard InChI is InChI=1S/C13H20ClN3O/c1-13(2,3)17-4-5-18-11(8-17)9-6-10(14)12(15)16-7-9/h6-7,11H,4-5,8H2,1-3H3,(H2,15,16). The summed E-state index contributed by atoms with van der Waals surface area (Å²) >= 11 is 6.00. The van der Waals surface area contributed by atoms with Crippen molar-refractivity contribution in [2.24, 2.45) is 0 Å². The van der Waals surface area contributed by atoms with Crippen molar-refractivity contribution in [2.75, 3.05) is 25.4 Å². The Morgan fingerprint density at radius 2 is 2.22 bits per heavy atom. The van der Waals surface area contributed by atoms with E-state index in [0.29, 0.717) is 10.8 Å². The fraction of sp³-hybridized carbons (Fsp3) is 0.615. The van der Waals surface area contributed by atoms with Gasteiger partial charge in [0.1, 0.15) is 5.82 Å². The van der Waals surface area contributed by atoms with Crippen molar-refractivity contribution in [3.05, 3.63) is 22.8 Å². The molecule has 0 saturated carbocycles. The van der Waals surface area contributed by atoms with Gasteiger partial charge in [0.05, 0.1) is 17.7 Å². The number of rotatable bonds is 1. The molecule has 1 unspecified atom stereocenters. The molecule has 1 aliphatic rings. The van der Waals surface area contributed by atoms with Crippen molar-refractivity contribution in [2.45, 2.75) is 32.4 Å². The van der Waals surface area contributed by atoms with Gasteiger partial charge < -0.3 is 10.5 Å². The second-order valence-corrected chi connectivity index (χ2v) is 6.02. The molecule has 2 heterocycles. The summed E-state index contributed by atoms with van der Waals surface area (Å²) in [7, 11) is 0. The topological polar surface area (TPSA) is 51.4 Å². The number of nitrogens with zero attached hydrogens (tertiary/aromatic N) is 2. The predicted molar refractivity (Wildman–Crippen MR) is 73.7 cm³/mol. The molecule has 18 heavy (non-hydrogen) atoms. The molecule has 1 saturated heterocycles. The third-order valence-corrected chi connectivity index (χ3v) is 3.58. The van der Waals surface area contributed by atoms with Crippen molar-refractivity contribution < 1.29 is 4.74 Å². The molecule has 2 rings (SSSR count). The van der Waals surface area contributed by atoms with E-state index in [1.165, 1.54) is 0 Å². The molecule has 100 valence electrons. The zero-order valence-electron chi connectivity index (χ0n) is 11.1. The summed E-state index contributed by atoms with van der Waals surface area (Å²) in [6.07, 6.45) is 1.77. The van der Waals surface area contributed by atoms with Crippen LogP contribution in [0.4, 0.5) is 5.82 Å². The normalized spacial score (nSPS) is 22.1. The number of anilines is 1. The molecule has 0 radical (unpaired) electrons. The summed E-state index contributed by atoms with van der Waals surface area (Å²) in [5.74, 6) is 0.365. The summed E-state index contributed by atoms with van der Waals surface area (Å²) in [6, 6.07) is 1.85. The Kier molecular flexibility index (Phi) is 3.80. The molecule has 1 aromatic heterocycles. The summed E-state index contributed by atoms with van der Waals surface area (Å²) in [4.78, 5) is 6.50. The smallest absolute Gasteiger partial charge is 0.142 e. The van der Waals surface area contributed by atoms with Crippen LogP contribution in [0.3, 0.4) is 0 Å². The first-order valence-corrected chi connectivity index (χ1v) is 6.53. The van der Waals surface area contributed by atoms with Gasteiger partial charge in [-0.05, 0) is 26.8 Å². The molecule has 1 atom stereocenters. The number of nitrogen functional groups attached to an aromatic ring is 1. The molecule has 0 amide bonds. The lowest BCUT2D eigenvalue weighted by atomic mass is 10.0. The maximum Gasteiger partial charge on any atom is 0.142 e. The quantitative estimate of drug-likeness (QED) is 0.851. The SMILES string of the molecule is CC(C)(C)N1CCOC(c2cnc(N)c(Cl)c2)C1. The molecule has 0 aliphatic carbocycles. The summed E-state index contributed by atoms with van der Waals surface area (Å²) in [5.41, 5.74) is 6.76. The van der Waals surface area contributed by atoms with Crippen molar-refractivity contribution >= 4 is 17.4 Å². The van der Waals surface area contributed by atoms with Crippen LogP contribution < -0.4 is 5.73 Å². The van der Waals surface area contributed by atoms with E-state index < -0.39 is 0 Å². The average Bonchev–Trinajstić information content (AvgIpc) is 2.32. The van der Waals surface area contributed by atoms with Crippen LogP contribution in [0.2, 0.25) is 5.02 Å². The molecule has 0 spiro atoms. The van der Waals surface area contributed by atoms with Crippen LogP contribution in [0.1, 0.15) is 32.4 Å². The Morgan fingerprint density at radius 1 is 1.50 bits per heavy atom. The Bertz CT molecular complexity index is 431. The van der Waals surface area contributed by atoms with Gasteiger partial charge in [0.25, 0.3) is 0 Å². The minimum atomic E-state index is 0.0172. The van der Waals surface area contributed by atoms with Crippen LogP contribution in [0.5, 0.6) is 0 Å². The van der Waals surface area contributed by atoms with Gasteiger partial charge in [-0.15, -0.1) is 0 Å². The number of hydrogen-bond acceptors (Lipinski definition) is 4. The third kappa shape index (κ3) is 2.94. The largest absolute Gasteiger partial charge is 0.382 e. The van der Waals surface area contributed by atoms with E-state index in [1.54, 1.807) is 6.20 Å². The maximum atomic E-state index is 6.00. The lowest BCUT2D eigenvalue weighted by Crippen LogP contribution is -2.48. The van der Waals surface area contributed by atoms with Crippen LogP contribution in [0.15, 0.2) is 12.3 Å². The molecule has 0 aromatic carbocycles. The second kappa shape index (κ2) is 5.03. The molecule has 5 heteroatoms. The highest BCUT2D eigenvalue weighted by Gasteiger charge is 2.29. The van der Waals surface area contributed by atoms with Crippen LogP contribution in [0.25, 0.3) is 0 Å². The molecule has 1 aliphatic heterocycles. The third-order valence-electron chi connectivity index (χ3n) is 3.28. The number of pyridine rings is 1. The van der Waals surface area contributed by atoms with Crippen LogP contribution in [0, 0.1) is 0 Å². The Morgan fingerprint density at radius 3 is 2.83 bits per heavy atom. The van der Waals surface area contributed by atoms with Gasteiger partial charge in [-0.1, -0.05) is 11.6 Å². The van der Waals surface area contributed by atoms with Gasteiger partial charge in [0.2, 0.25) is 0 Å². The highest BCUT2D eigenvalue weighted by Crippen LogP contribution is 2.28. The zero-order valence-corrected chi connectivity index (χ0v) is 11.9. The predicted octanol–water partition coefficient (Wildman–Crippen LogP) is 2.49. The Labute approximate surface area is 113 Å². The fourth-order valence-electron chi connectivity index (χ4n) is 2.10. The fourth-order valence-corrected chi connectivity index (χ4v) is 2.27. The highest BCUT2D eigenvalue weighted by molar-refractivity contribution is 6.32. The summed E-state index contributed by atoms with van der Waals surface area (Å²) in [5, 5.41) is 0.490. The van der Waals surface area contributed by atoms with E-state index >= 15 is 0 Å². The van der Waals surface area contributed by atoms with E-state index in [4.69, 9.17) is 22.1 Å². The van der Waals surface area contributed by atoms with Gasteiger partial charge in [-0.25, -0.2) is 4.98 Å². The molecule has 4 nitrogen and oxygen atoms in total. The molecular weight excluding hydrogens is 250 g/mol. The van der Waals surface area contributed by atoms with Gasteiger partial charge in [-0.2, -0.15) is 0 Å². The molecule has 2 N–H and O–H groups in total. The van der Waals surface area contributed by atoms with Crippen molar-refractivity contribution in [3.63, 3.8) is 0 Å². The van der Waals surface area contributed by atoms with E-state index in [1.807, 2.05) is 6.07 Å². The second-order valence-electron chi connectivity index (χ2n) is 5.61. The van der Waals surface area contributed by atoms with E-state index in [2.05, 4.69) is 30.7 Å². The van der Waals surface area contributed by atoms with Crippen molar-refractivity contribution in [1.29, 1.82) is 0 Å². The summed E-state index contributed by atoms with van der Waals surface area (Å²) in [6.45, 7) is 9.17. The maximum absolute atomic E-state index is 6.00. The summed E-state index contributed by atoms with van der Waals surface area (Å²) < 4.78 is 5.80. The monoisotopic (exact) mass is 269 g/mol. The van der Waals surface area contributed by atoms with E-state index in [-0.39, 0.29) is 11.6 Å². The minimum absolute atomic E-state index is 0.0172. The number of nitrogens with two attached hydrogens (primary N) is 1. The number of ether oxygens (including phenoxy) is 1. The minimum Gasteiger partial charge on any atom is -0.382 e. The van der Waals surface area contributed by atoms with E-state index in [0.717, 1.165) is 25.3 Å². The van der Waals surface area contributed by atoms with Gasteiger partial charge in [-0.3, -0.25) is 4.90 Å². The zero-order chi connectivity index (χ0) is 13.3. The number of hydrogen-bond donors (Lipinski definition) is 1. The Hall–Kier alpha value is -0.840. The molecule has 1 fully saturated rings. The van der Waals surface area contributed by atoms with E-state index in [9.17, 15) is 0 Å². The lowest BCUT2D eigenvalue weighted by Gasteiger charge is -2.41. The van der Waals surface area contributed by atoms with Crippen molar-refractivity contribution in [1.82, 2.24) is 9.88 Å². The average molecular weight is 270 g/mol. The lowest BCUT2D eigenvalue weighted by molar-refractivity contribution is -0.0597. The van der Waals surface area contributed by atoms with Gasteiger partial charge in [0.15, 0.2) is 0 Å². The van der Waals surface area contributed by atoms with Crippen LogP contribution in [-0.2, 0) is 4.74 Å². The molecule has 0 bridgehead atoms. The van der Waals surface area contributed by atoms with Gasteiger partial charge >= 0.3 is 0 Å². The number of morpholine rings is 1. The van der Waals surface area contributed by atoms with Crippen molar-refractivity contribution in [3.8, 4) is 0 Å². The first-order valence-electron chi connectivity index (χ1n) is 6.15. The van der Waals surface area contributed by atoms with Crippen LogP contribution in [-0.4, -0.2) is 35.1 Å². The molecular formula is C13H20ClN3O. The first kappa shape index (κ1) is 13.6. The number of halogens is 1. The molecule has 1 aromatic rings.